The highest BCUT2D eigenvalue weighted by Crippen LogP contribution is 2.38. The third-order valence-corrected chi connectivity index (χ3v) is 6.57. The van der Waals surface area contributed by atoms with Crippen LogP contribution in [0.2, 0.25) is 0 Å². The van der Waals surface area contributed by atoms with Crippen LogP contribution in [-0.4, -0.2) is 20.6 Å². The van der Waals surface area contributed by atoms with Crippen molar-refractivity contribution < 1.29 is 14.6 Å². The molecule has 6 heteroatoms. The number of ether oxygens (including phenoxy) is 1. The summed E-state index contributed by atoms with van der Waals surface area (Å²) in [5.74, 6) is -0.707. The topological polar surface area (TPSA) is 81.4 Å². The number of benzene rings is 1. The van der Waals surface area contributed by atoms with Crippen LogP contribution < -0.4 is 5.56 Å². The summed E-state index contributed by atoms with van der Waals surface area (Å²) in [6.07, 6.45) is 7.89. The molecule has 0 spiro atoms. The largest absolute Gasteiger partial charge is 0.458 e. The van der Waals surface area contributed by atoms with Gasteiger partial charge in [0.05, 0.1) is 29.0 Å². The third kappa shape index (κ3) is 3.09. The molecule has 4 heterocycles. The van der Waals surface area contributed by atoms with Crippen LogP contribution >= 0.6 is 0 Å². The minimum absolute atomic E-state index is 0.116. The van der Waals surface area contributed by atoms with Crippen LogP contribution in [0.5, 0.6) is 0 Å². The number of esters is 1. The minimum Gasteiger partial charge on any atom is -0.458 e. The summed E-state index contributed by atoms with van der Waals surface area (Å²) < 4.78 is 6.79. The predicted octanol–water partition coefficient (Wildman–Crippen LogP) is 4.28. The van der Waals surface area contributed by atoms with Gasteiger partial charge >= 0.3 is 5.97 Å². The number of unbranched alkanes of at least 4 members (excludes halogenated alkanes) is 2. The molecule has 0 bridgehead atoms. The van der Waals surface area contributed by atoms with E-state index in [9.17, 15) is 14.7 Å². The molecular formula is C26H26N2O4. The number of hydrogen-bond acceptors (Lipinski definition) is 5. The molecule has 0 unspecified atom stereocenters. The van der Waals surface area contributed by atoms with Crippen molar-refractivity contribution >= 4 is 22.9 Å². The van der Waals surface area contributed by atoms with Gasteiger partial charge in [-0.1, -0.05) is 44.9 Å². The Balaban J connectivity index is 1.60. The number of carbonyl (C=O) groups is 1. The zero-order valence-corrected chi connectivity index (χ0v) is 18.4. The number of allylic oxidation sites excluding steroid dienone is 1. The molecule has 0 saturated carbocycles. The van der Waals surface area contributed by atoms with Crippen LogP contribution in [0, 0.1) is 0 Å². The van der Waals surface area contributed by atoms with Crippen molar-refractivity contribution in [3.8, 4) is 11.4 Å². The lowest BCUT2D eigenvalue weighted by Crippen LogP contribution is -2.44. The molecule has 6 nitrogen and oxygen atoms in total. The smallest absolute Gasteiger partial charge is 0.343 e. The van der Waals surface area contributed by atoms with Crippen LogP contribution in [0.3, 0.4) is 0 Å². The number of cyclic esters (lactones) is 1. The number of nitrogens with zero attached hydrogens (tertiary/aromatic N) is 2. The van der Waals surface area contributed by atoms with E-state index >= 15 is 0 Å². The number of fused-ring (bicyclic) bond motifs is 5. The molecule has 0 fully saturated rings. The molecule has 3 aromatic rings. The molecular weight excluding hydrogens is 404 g/mol. The van der Waals surface area contributed by atoms with Gasteiger partial charge < -0.3 is 14.4 Å². The first-order valence-electron chi connectivity index (χ1n) is 11.2. The standard InChI is InChI=1S/C26H26N2O4/c1-3-5-6-7-8-16-9-10-21-17(11-16)12-18-14-28-22(23(18)27-21)13-20-19(24(28)29)15-32-25(30)26(20,31)4-2/h7-13,31H,3-6,14-15H2,1-2H3/b8-7+/t26-/m0/s1. The molecule has 0 amide bonds. The van der Waals surface area contributed by atoms with Crippen LogP contribution in [0.25, 0.3) is 28.4 Å². The molecule has 0 saturated heterocycles. The second kappa shape index (κ2) is 7.71. The van der Waals surface area contributed by atoms with E-state index in [4.69, 9.17) is 9.72 Å². The van der Waals surface area contributed by atoms with Gasteiger partial charge in [0, 0.05) is 16.5 Å². The average Bonchev–Trinajstić information content (AvgIpc) is 3.16. The molecule has 0 aliphatic carbocycles. The zero-order chi connectivity index (χ0) is 22.5. The number of rotatable bonds is 5. The Bertz CT molecular complexity index is 1340. The van der Waals surface area contributed by atoms with Gasteiger partial charge in [0.25, 0.3) is 5.56 Å². The number of aliphatic hydroxyl groups is 1. The normalized spacial score (nSPS) is 19.2. The van der Waals surface area contributed by atoms with Gasteiger partial charge in [-0.3, -0.25) is 4.79 Å². The molecule has 2 aliphatic heterocycles. The lowest BCUT2D eigenvalue weighted by Gasteiger charge is -2.31. The quantitative estimate of drug-likeness (QED) is 0.377. The maximum atomic E-state index is 13.2. The number of hydrogen-bond donors (Lipinski definition) is 1. The van der Waals surface area contributed by atoms with E-state index in [2.05, 4.69) is 31.2 Å². The van der Waals surface area contributed by atoms with E-state index in [1.807, 2.05) is 12.1 Å². The molecule has 1 N–H and O–H groups in total. The summed E-state index contributed by atoms with van der Waals surface area (Å²) in [6, 6.07) is 9.99. The van der Waals surface area contributed by atoms with E-state index < -0.39 is 11.6 Å². The highest BCUT2D eigenvalue weighted by atomic mass is 16.6. The molecule has 5 rings (SSSR count). The Morgan fingerprint density at radius 2 is 2.06 bits per heavy atom. The number of pyridine rings is 2. The first-order valence-corrected chi connectivity index (χ1v) is 11.2. The summed E-state index contributed by atoms with van der Waals surface area (Å²) in [5, 5.41) is 12.0. The lowest BCUT2D eigenvalue weighted by molar-refractivity contribution is -0.172. The van der Waals surface area contributed by atoms with Crippen LogP contribution in [0.1, 0.15) is 61.8 Å². The van der Waals surface area contributed by atoms with Gasteiger partial charge in [-0.25, -0.2) is 9.78 Å². The van der Waals surface area contributed by atoms with Crippen molar-refractivity contribution in [1.29, 1.82) is 0 Å². The Kier molecular flexibility index (Phi) is 4.97. The summed E-state index contributed by atoms with van der Waals surface area (Å²) in [5.41, 5.74) is 2.93. The first kappa shape index (κ1) is 20.6. The van der Waals surface area contributed by atoms with E-state index in [0.717, 1.165) is 34.1 Å². The Morgan fingerprint density at radius 3 is 2.84 bits per heavy atom. The fourth-order valence-electron chi connectivity index (χ4n) is 4.65. The molecule has 2 aromatic heterocycles. The molecule has 0 radical (unpaired) electrons. The SMILES string of the molecule is CCCC/C=C/c1ccc2nc3c(cc2c1)Cn1c-3cc2c(c1=O)COC(=O)[C@]2(O)CC. The second-order valence-electron chi connectivity index (χ2n) is 8.60. The van der Waals surface area contributed by atoms with Crippen LogP contribution in [0.4, 0.5) is 0 Å². The van der Waals surface area contributed by atoms with Crippen molar-refractivity contribution in [3.05, 3.63) is 69.0 Å². The van der Waals surface area contributed by atoms with E-state index in [1.54, 1.807) is 17.6 Å². The van der Waals surface area contributed by atoms with Crippen molar-refractivity contribution in [3.63, 3.8) is 0 Å². The van der Waals surface area contributed by atoms with Crippen LogP contribution in [0.15, 0.2) is 41.2 Å². The molecule has 164 valence electrons. The Labute approximate surface area is 186 Å². The van der Waals surface area contributed by atoms with Gasteiger partial charge in [-0.2, -0.15) is 0 Å². The molecule has 2 aliphatic rings. The van der Waals surface area contributed by atoms with Crippen molar-refractivity contribution in [2.24, 2.45) is 0 Å². The van der Waals surface area contributed by atoms with Crippen LogP contribution in [-0.2, 0) is 28.3 Å². The summed E-state index contributed by atoms with van der Waals surface area (Å²) in [6.45, 7) is 4.18. The fourth-order valence-corrected chi connectivity index (χ4v) is 4.65. The summed E-state index contributed by atoms with van der Waals surface area (Å²) in [7, 11) is 0. The number of aromatic nitrogens is 2. The van der Waals surface area contributed by atoms with E-state index in [-0.39, 0.29) is 18.6 Å². The highest BCUT2D eigenvalue weighted by molar-refractivity contribution is 5.87. The number of carbonyl (C=O) groups excluding carboxylic acids is 1. The highest BCUT2D eigenvalue weighted by Gasteiger charge is 2.45. The Hall–Kier alpha value is -3.25. The van der Waals surface area contributed by atoms with Gasteiger partial charge in [-0.05, 0) is 42.7 Å². The van der Waals surface area contributed by atoms with Crippen molar-refractivity contribution in [2.45, 2.75) is 58.3 Å². The van der Waals surface area contributed by atoms with Gasteiger partial charge in [0.15, 0.2) is 5.60 Å². The van der Waals surface area contributed by atoms with Crippen molar-refractivity contribution in [2.75, 3.05) is 0 Å². The monoisotopic (exact) mass is 430 g/mol. The zero-order valence-electron chi connectivity index (χ0n) is 18.4. The average molecular weight is 431 g/mol. The second-order valence-corrected chi connectivity index (χ2v) is 8.60. The summed E-state index contributed by atoms with van der Waals surface area (Å²) >= 11 is 0. The molecule has 1 aromatic carbocycles. The van der Waals surface area contributed by atoms with Gasteiger partial charge in [-0.15, -0.1) is 0 Å². The third-order valence-electron chi connectivity index (χ3n) is 6.57. The van der Waals surface area contributed by atoms with Gasteiger partial charge in [0.1, 0.15) is 6.61 Å². The van der Waals surface area contributed by atoms with Crippen molar-refractivity contribution in [1.82, 2.24) is 9.55 Å². The predicted molar refractivity (Wildman–Crippen MR) is 123 cm³/mol. The van der Waals surface area contributed by atoms with E-state index in [0.29, 0.717) is 23.4 Å². The first-order chi connectivity index (χ1) is 15.5. The minimum atomic E-state index is -1.80. The summed E-state index contributed by atoms with van der Waals surface area (Å²) in [4.78, 5) is 30.4. The van der Waals surface area contributed by atoms with E-state index in [1.165, 1.54) is 12.8 Å². The molecule has 1 atom stereocenters. The maximum Gasteiger partial charge on any atom is 0.343 e. The fraction of sp³-hybridized carbons (Fsp3) is 0.346. The Morgan fingerprint density at radius 1 is 1.22 bits per heavy atom. The van der Waals surface area contributed by atoms with Gasteiger partial charge in [0.2, 0.25) is 0 Å². The lowest BCUT2D eigenvalue weighted by atomic mass is 9.86. The molecule has 32 heavy (non-hydrogen) atoms. The maximum absolute atomic E-state index is 13.2.